The Kier molecular flexibility index (Phi) is 4.85. The van der Waals surface area contributed by atoms with Crippen molar-refractivity contribution in [2.24, 2.45) is 11.1 Å². The number of carbonyl (C=O) groups is 1. The fraction of sp³-hybridized carbons (Fsp3) is 0.476. The van der Waals surface area contributed by atoms with Crippen LogP contribution in [0.25, 0.3) is 10.8 Å². The summed E-state index contributed by atoms with van der Waals surface area (Å²) >= 11 is 0. The molecule has 3 rings (SSSR count). The van der Waals surface area contributed by atoms with E-state index in [1.54, 1.807) is 0 Å². The van der Waals surface area contributed by atoms with E-state index >= 15 is 0 Å². The summed E-state index contributed by atoms with van der Waals surface area (Å²) in [6.45, 7) is 7.23. The van der Waals surface area contributed by atoms with Crippen LogP contribution in [-0.4, -0.2) is 30.7 Å². The molecule has 2 aromatic rings. The van der Waals surface area contributed by atoms with Gasteiger partial charge in [0.25, 0.3) is 0 Å². The van der Waals surface area contributed by atoms with Gasteiger partial charge in [0, 0.05) is 25.0 Å². The van der Waals surface area contributed by atoms with E-state index in [4.69, 9.17) is 10.5 Å². The maximum absolute atomic E-state index is 12.7. The zero-order chi connectivity index (χ0) is 18.1. The normalized spacial score (nSPS) is 24.7. The van der Waals surface area contributed by atoms with Gasteiger partial charge in [-0.3, -0.25) is 4.79 Å². The lowest BCUT2D eigenvalue weighted by Gasteiger charge is -2.57. The Labute approximate surface area is 149 Å². The van der Waals surface area contributed by atoms with E-state index in [-0.39, 0.29) is 17.4 Å². The molecule has 0 aromatic heterocycles. The van der Waals surface area contributed by atoms with Gasteiger partial charge in [0.05, 0.1) is 6.10 Å². The van der Waals surface area contributed by atoms with Crippen LogP contribution in [0.5, 0.6) is 0 Å². The molecule has 1 aliphatic carbocycles. The summed E-state index contributed by atoms with van der Waals surface area (Å²) in [6.07, 6.45) is 1.42. The van der Waals surface area contributed by atoms with Crippen LogP contribution in [0.15, 0.2) is 42.5 Å². The number of fused-ring (bicyclic) bond motifs is 1. The van der Waals surface area contributed by atoms with Crippen molar-refractivity contribution >= 4 is 16.7 Å². The van der Waals surface area contributed by atoms with Gasteiger partial charge in [0.2, 0.25) is 5.91 Å². The number of nitrogens with two attached hydrogens (primary N) is 1. The standard InChI is InChI=1S/C21H28N2O2/c1-4-25-18-14-21(22,20(18,2)3)19(24)23-13-12-16-10-7-9-15-8-5-6-11-17(15)16/h5-11,18H,4,12-14,22H2,1-3H3,(H,23,24). The predicted molar refractivity (Wildman–Crippen MR) is 101 cm³/mol. The first-order chi connectivity index (χ1) is 11.9. The maximum Gasteiger partial charge on any atom is 0.240 e. The largest absolute Gasteiger partial charge is 0.378 e. The maximum atomic E-state index is 12.7. The fourth-order valence-electron chi connectivity index (χ4n) is 3.80. The van der Waals surface area contributed by atoms with Crippen LogP contribution in [0.2, 0.25) is 0 Å². The minimum Gasteiger partial charge on any atom is -0.378 e. The molecule has 25 heavy (non-hydrogen) atoms. The van der Waals surface area contributed by atoms with E-state index in [0.717, 1.165) is 6.42 Å². The Morgan fingerprint density at radius 3 is 2.68 bits per heavy atom. The molecular formula is C21H28N2O2. The van der Waals surface area contributed by atoms with E-state index < -0.39 is 5.54 Å². The highest BCUT2D eigenvalue weighted by Crippen LogP contribution is 2.49. The van der Waals surface area contributed by atoms with Gasteiger partial charge in [0.1, 0.15) is 5.54 Å². The summed E-state index contributed by atoms with van der Waals surface area (Å²) in [5.41, 5.74) is 6.45. The number of ether oxygens (including phenoxy) is 1. The van der Waals surface area contributed by atoms with Gasteiger partial charge in [-0.05, 0) is 29.7 Å². The van der Waals surface area contributed by atoms with Crippen molar-refractivity contribution in [2.75, 3.05) is 13.2 Å². The third-order valence-corrected chi connectivity index (χ3v) is 5.79. The van der Waals surface area contributed by atoms with E-state index in [9.17, 15) is 4.79 Å². The van der Waals surface area contributed by atoms with Crippen molar-refractivity contribution in [2.45, 2.75) is 45.3 Å². The van der Waals surface area contributed by atoms with Gasteiger partial charge < -0.3 is 15.8 Å². The van der Waals surface area contributed by atoms with Gasteiger partial charge in [-0.15, -0.1) is 0 Å². The SMILES string of the molecule is CCOC1CC(N)(C(=O)NCCc2cccc3ccccc23)C1(C)C. The second-order valence-corrected chi connectivity index (χ2v) is 7.49. The molecule has 1 aliphatic rings. The molecule has 1 saturated carbocycles. The average Bonchev–Trinajstić information content (AvgIpc) is 2.61. The highest BCUT2D eigenvalue weighted by molar-refractivity contribution is 5.89. The molecule has 4 nitrogen and oxygen atoms in total. The first-order valence-electron chi connectivity index (χ1n) is 9.05. The Morgan fingerprint density at radius 1 is 1.24 bits per heavy atom. The van der Waals surface area contributed by atoms with Crippen LogP contribution < -0.4 is 11.1 Å². The van der Waals surface area contributed by atoms with Crippen LogP contribution >= 0.6 is 0 Å². The highest BCUT2D eigenvalue weighted by atomic mass is 16.5. The molecule has 1 amide bonds. The van der Waals surface area contributed by atoms with Crippen molar-refractivity contribution in [1.29, 1.82) is 0 Å². The van der Waals surface area contributed by atoms with Crippen LogP contribution in [0.3, 0.4) is 0 Å². The molecule has 0 bridgehead atoms. The number of amides is 1. The summed E-state index contributed by atoms with van der Waals surface area (Å²) in [7, 11) is 0. The number of benzene rings is 2. The zero-order valence-corrected chi connectivity index (χ0v) is 15.3. The van der Waals surface area contributed by atoms with Crippen molar-refractivity contribution in [3.63, 3.8) is 0 Å². The van der Waals surface area contributed by atoms with Crippen LogP contribution in [0.1, 0.15) is 32.8 Å². The zero-order valence-electron chi connectivity index (χ0n) is 15.3. The molecular weight excluding hydrogens is 312 g/mol. The molecule has 2 atom stereocenters. The molecule has 2 unspecified atom stereocenters. The second kappa shape index (κ2) is 6.77. The second-order valence-electron chi connectivity index (χ2n) is 7.49. The fourth-order valence-corrected chi connectivity index (χ4v) is 3.80. The molecule has 1 fully saturated rings. The quantitative estimate of drug-likeness (QED) is 0.849. The van der Waals surface area contributed by atoms with E-state index in [2.05, 4.69) is 35.6 Å². The Balaban J connectivity index is 1.61. The number of nitrogens with one attached hydrogen (secondary N) is 1. The van der Waals surface area contributed by atoms with Crippen molar-refractivity contribution in [3.05, 3.63) is 48.0 Å². The lowest BCUT2D eigenvalue weighted by molar-refractivity contribution is -0.170. The third-order valence-electron chi connectivity index (χ3n) is 5.79. The van der Waals surface area contributed by atoms with Crippen LogP contribution in [0.4, 0.5) is 0 Å². The lowest BCUT2D eigenvalue weighted by Crippen LogP contribution is -2.75. The number of hydrogen-bond donors (Lipinski definition) is 2. The number of rotatable bonds is 6. The molecule has 3 N–H and O–H groups in total. The average molecular weight is 340 g/mol. The Morgan fingerprint density at radius 2 is 1.96 bits per heavy atom. The Bertz CT molecular complexity index is 766. The monoisotopic (exact) mass is 340 g/mol. The first kappa shape index (κ1) is 17.9. The van der Waals surface area contributed by atoms with Crippen molar-refractivity contribution in [3.8, 4) is 0 Å². The summed E-state index contributed by atoms with van der Waals surface area (Å²) in [6, 6.07) is 14.6. The third kappa shape index (κ3) is 3.05. The first-order valence-corrected chi connectivity index (χ1v) is 9.05. The molecule has 0 radical (unpaired) electrons. The van der Waals surface area contributed by atoms with Gasteiger partial charge in [-0.2, -0.15) is 0 Å². The minimum atomic E-state index is -0.856. The van der Waals surface area contributed by atoms with Gasteiger partial charge in [0.15, 0.2) is 0 Å². The van der Waals surface area contributed by atoms with Crippen LogP contribution in [0, 0.1) is 5.41 Å². The molecule has 0 heterocycles. The minimum absolute atomic E-state index is 0.0475. The Hall–Kier alpha value is -1.91. The van der Waals surface area contributed by atoms with Gasteiger partial charge in [-0.1, -0.05) is 56.3 Å². The summed E-state index contributed by atoms with van der Waals surface area (Å²) in [5, 5.41) is 5.50. The number of hydrogen-bond acceptors (Lipinski definition) is 3. The van der Waals surface area contributed by atoms with Crippen LogP contribution in [-0.2, 0) is 16.0 Å². The summed E-state index contributed by atoms with van der Waals surface area (Å²) in [4.78, 5) is 12.7. The smallest absolute Gasteiger partial charge is 0.240 e. The lowest BCUT2D eigenvalue weighted by atomic mass is 9.54. The van der Waals surface area contributed by atoms with E-state index in [1.165, 1.54) is 16.3 Å². The van der Waals surface area contributed by atoms with E-state index in [0.29, 0.717) is 19.6 Å². The number of carbonyl (C=O) groups excluding carboxylic acids is 1. The molecule has 134 valence electrons. The molecule has 0 saturated heterocycles. The summed E-state index contributed by atoms with van der Waals surface area (Å²) < 4.78 is 5.70. The summed E-state index contributed by atoms with van der Waals surface area (Å²) in [5.74, 6) is -0.0753. The van der Waals surface area contributed by atoms with Gasteiger partial charge >= 0.3 is 0 Å². The molecule has 4 heteroatoms. The molecule has 0 spiro atoms. The van der Waals surface area contributed by atoms with Gasteiger partial charge in [-0.25, -0.2) is 0 Å². The van der Waals surface area contributed by atoms with E-state index in [1.807, 2.05) is 32.9 Å². The van der Waals surface area contributed by atoms with Crippen molar-refractivity contribution < 1.29 is 9.53 Å². The van der Waals surface area contributed by atoms with Crippen molar-refractivity contribution in [1.82, 2.24) is 5.32 Å². The highest BCUT2D eigenvalue weighted by Gasteiger charge is 2.62. The molecule has 0 aliphatic heterocycles. The molecule has 2 aromatic carbocycles. The topological polar surface area (TPSA) is 64.3 Å². The predicted octanol–water partition coefficient (Wildman–Crippen LogP) is 3.03.